The molecule has 0 amide bonds. The lowest BCUT2D eigenvalue weighted by Crippen LogP contribution is -2.22. The summed E-state index contributed by atoms with van der Waals surface area (Å²) in [5.74, 6) is 0. The highest BCUT2D eigenvalue weighted by Gasteiger charge is 2.01. The maximum Gasteiger partial charge on any atom is 0.108 e. The summed E-state index contributed by atoms with van der Waals surface area (Å²) in [5, 5.41) is 3.05. The predicted molar refractivity (Wildman–Crippen MR) is 56.2 cm³/mol. The Morgan fingerprint density at radius 1 is 1.50 bits per heavy atom. The molecule has 0 saturated heterocycles. The Morgan fingerprint density at radius 2 is 2.17 bits per heavy atom. The van der Waals surface area contributed by atoms with Crippen LogP contribution in [0.5, 0.6) is 0 Å². The number of thiocarbonyl (C=S) groups is 1. The lowest BCUT2D eigenvalue weighted by atomic mass is 10.2. The number of nitrogens with one attached hydrogen (secondary N) is 1. The summed E-state index contributed by atoms with van der Waals surface area (Å²) in [6, 6.07) is 7.59. The van der Waals surface area contributed by atoms with Crippen LogP contribution < -0.4 is 11.1 Å². The molecule has 0 unspecified atom stereocenters. The summed E-state index contributed by atoms with van der Waals surface area (Å²) >= 11 is 5.12. The van der Waals surface area contributed by atoms with Gasteiger partial charge in [-0.05, 0) is 19.1 Å². The van der Waals surface area contributed by atoms with Crippen molar-refractivity contribution in [2.45, 2.75) is 6.92 Å². The second kappa shape index (κ2) is 4.07. The Kier molecular flexibility index (Phi) is 3.05. The van der Waals surface area contributed by atoms with Gasteiger partial charge in [-0.1, -0.05) is 24.4 Å². The molecule has 0 aliphatic heterocycles. The number of benzene rings is 1. The fourth-order valence-electron chi connectivity index (χ4n) is 0.960. The lowest BCUT2D eigenvalue weighted by molar-refractivity contribution is 0.983. The smallest absolute Gasteiger partial charge is 0.108 e. The Labute approximate surface area is 77.8 Å². The number of hydrogen-bond donors (Lipinski definition) is 2. The van der Waals surface area contributed by atoms with Gasteiger partial charge in [0.2, 0.25) is 0 Å². The van der Waals surface area contributed by atoms with Crippen LogP contribution in [0.25, 0.3) is 0 Å². The second-order valence-electron chi connectivity index (χ2n) is 2.45. The molecule has 1 aromatic rings. The number of nitrogens with two attached hydrogens (primary N) is 1. The van der Waals surface area contributed by atoms with E-state index in [2.05, 4.69) is 5.32 Å². The molecule has 0 bridgehead atoms. The fourth-order valence-corrected chi connectivity index (χ4v) is 1.29. The molecule has 0 heterocycles. The molecule has 3 heteroatoms. The van der Waals surface area contributed by atoms with Crippen LogP contribution in [0.3, 0.4) is 0 Å². The van der Waals surface area contributed by atoms with E-state index in [0.29, 0.717) is 0 Å². The molecule has 64 valence electrons. The van der Waals surface area contributed by atoms with Crippen LogP contribution in [0, 0.1) is 0 Å². The average Bonchev–Trinajstić information content (AvgIpc) is 2.05. The van der Waals surface area contributed by atoms with E-state index in [0.717, 1.165) is 22.8 Å². The summed E-state index contributed by atoms with van der Waals surface area (Å²) in [4.78, 5) is 0.718. The largest absolute Gasteiger partial charge is 0.398 e. The van der Waals surface area contributed by atoms with Crippen molar-refractivity contribution in [3.63, 3.8) is 0 Å². The molecule has 1 rings (SSSR count). The van der Waals surface area contributed by atoms with E-state index in [9.17, 15) is 0 Å². The molecule has 0 fully saturated rings. The maximum absolute atomic E-state index is 5.72. The van der Waals surface area contributed by atoms with Crippen LogP contribution >= 0.6 is 12.2 Å². The SMILES string of the molecule is CCNC(=S)c1ccccc1N. The van der Waals surface area contributed by atoms with Crippen molar-refractivity contribution in [1.82, 2.24) is 5.32 Å². The second-order valence-corrected chi connectivity index (χ2v) is 2.85. The van der Waals surface area contributed by atoms with Crippen molar-refractivity contribution in [2.75, 3.05) is 12.3 Å². The van der Waals surface area contributed by atoms with Gasteiger partial charge in [0, 0.05) is 17.8 Å². The van der Waals surface area contributed by atoms with E-state index in [1.165, 1.54) is 0 Å². The summed E-state index contributed by atoms with van der Waals surface area (Å²) in [6.07, 6.45) is 0. The van der Waals surface area contributed by atoms with Gasteiger partial charge in [-0.25, -0.2) is 0 Å². The zero-order chi connectivity index (χ0) is 8.97. The van der Waals surface area contributed by atoms with Gasteiger partial charge < -0.3 is 11.1 Å². The number of para-hydroxylation sites is 1. The molecule has 0 radical (unpaired) electrons. The highest BCUT2D eigenvalue weighted by atomic mass is 32.1. The third-order valence-electron chi connectivity index (χ3n) is 1.54. The first-order chi connectivity index (χ1) is 5.75. The molecule has 12 heavy (non-hydrogen) atoms. The van der Waals surface area contributed by atoms with E-state index < -0.39 is 0 Å². The zero-order valence-electron chi connectivity index (χ0n) is 7.00. The van der Waals surface area contributed by atoms with Crippen LogP contribution in [0.1, 0.15) is 12.5 Å². The first kappa shape index (κ1) is 9.00. The van der Waals surface area contributed by atoms with Crippen LogP contribution in [0.2, 0.25) is 0 Å². The molecule has 0 aliphatic rings. The number of anilines is 1. The molecule has 0 aliphatic carbocycles. The third-order valence-corrected chi connectivity index (χ3v) is 1.91. The minimum absolute atomic E-state index is 0.718. The predicted octanol–water partition coefficient (Wildman–Crippen LogP) is 1.55. The van der Waals surface area contributed by atoms with Gasteiger partial charge in [-0.2, -0.15) is 0 Å². The van der Waals surface area contributed by atoms with Crippen molar-refractivity contribution in [1.29, 1.82) is 0 Å². The Bertz CT molecular complexity index is 284. The standard InChI is InChI=1S/C9H12N2S/c1-2-11-9(12)7-5-3-4-6-8(7)10/h3-6H,2,10H2,1H3,(H,11,12). The molecular weight excluding hydrogens is 168 g/mol. The van der Waals surface area contributed by atoms with Crippen molar-refractivity contribution < 1.29 is 0 Å². The molecule has 3 N–H and O–H groups in total. The molecule has 1 aromatic carbocycles. The Balaban J connectivity index is 2.87. The topological polar surface area (TPSA) is 38.0 Å². The zero-order valence-corrected chi connectivity index (χ0v) is 7.82. The highest BCUT2D eigenvalue weighted by molar-refractivity contribution is 7.80. The van der Waals surface area contributed by atoms with Gasteiger partial charge in [0.1, 0.15) is 4.99 Å². The number of nitrogen functional groups attached to an aromatic ring is 1. The van der Waals surface area contributed by atoms with Gasteiger partial charge in [0.25, 0.3) is 0 Å². The van der Waals surface area contributed by atoms with Crippen LogP contribution in [-0.2, 0) is 0 Å². The third kappa shape index (κ3) is 1.95. The van der Waals surface area contributed by atoms with E-state index in [1.807, 2.05) is 31.2 Å². The minimum atomic E-state index is 0.718. The van der Waals surface area contributed by atoms with Crippen molar-refractivity contribution >= 4 is 22.9 Å². The summed E-state index contributed by atoms with van der Waals surface area (Å²) in [5.41, 5.74) is 7.36. The fraction of sp³-hybridized carbons (Fsp3) is 0.222. The monoisotopic (exact) mass is 180 g/mol. The number of hydrogen-bond acceptors (Lipinski definition) is 2. The van der Waals surface area contributed by atoms with E-state index in [1.54, 1.807) is 0 Å². The molecule has 0 spiro atoms. The Hall–Kier alpha value is -1.09. The first-order valence-corrected chi connectivity index (χ1v) is 4.29. The summed E-state index contributed by atoms with van der Waals surface area (Å²) in [6.45, 7) is 2.83. The normalized spacial score (nSPS) is 9.42. The van der Waals surface area contributed by atoms with Gasteiger partial charge in [-0.3, -0.25) is 0 Å². The van der Waals surface area contributed by atoms with Gasteiger partial charge in [-0.15, -0.1) is 0 Å². The minimum Gasteiger partial charge on any atom is -0.398 e. The number of rotatable bonds is 2. The van der Waals surface area contributed by atoms with E-state index >= 15 is 0 Å². The van der Waals surface area contributed by atoms with Gasteiger partial charge >= 0.3 is 0 Å². The van der Waals surface area contributed by atoms with E-state index in [4.69, 9.17) is 18.0 Å². The summed E-state index contributed by atoms with van der Waals surface area (Å²) < 4.78 is 0. The molecule has 0 aromatic heterocycles. The van der Waals surface area contributed by atoms with Crippen LogP contribution in [0.4, 0.5) is 5.69 Å². The van der Waals surface area contributed by atoms with Gasteiger partial charge in [0.05, 0.1) is 0 Å². The first-order valence-electron chi connectivity index (χ1n) is 3.88. The molecule has 0 saturated carbocycles. The Morgan fingerprint density at radius 3 is 2.75 bits per heavy atom. The van der Waals surface area contributed by atoms with E-state index in [-0.39, 0.29) is 0 Å². The molecule has 2 nitrogen and oxygen atoms in total. The summed E-state index contributed by atoms with van der Waals surface area (Å²) in [7, 11) is 0. The van der Waals surface area contributed by atoms with Crippen molar-refractivity contribution in [3.8, 4) is 0 Å². The van der Waals surface area contributed by atoms with Crippen molar-refractivity contribution in [2.24, 2.45) is 0 Å². The highest BCUT2D eigenvalue weighted by Crippen LogP contribution is 2.10. The van der Waals surface area contributed by atoms with Crippen LogP contribution in [0.15, 0.2) is 24.3 Å². The molecule has 0 atom stereocenters. The average molecular weight is 180 g/mol. The van der Waals surface area contributed by atoms with Crippen LogP contribution in [-0.4, -0.2) is 11.5 Å². The van der Waals surface area contributed by atoms with Crippen molar-refractivity contribution in [3.05, 3.63) is 29.8 Å². The maximum atomic E-state index is 5.72. The lowest BCUT2D eigenvalue weighted by Gasteiger charge is -2.07. The van der Waals surface area contributed by atoms with Gasteiger partial charge in [0.15, 0.2) is 0 Å². The quantitative estimate of drug-likeness (QED) is 0.536. The molecular formula is C9H12N2S.